The molecule has 2 aromatic rings. The Morgan fingerprint density at radius 2 is 2.23 bits per heavy atom. The molecule has 1 aromatic heterocycles. The first-order valence-electron chi connectivity index (χ1n) is 7.39. The summed E-state index contributed by atoms with van der Waals surface area (Å²) in [5.41, 5.74) is 1.02. The highest BCUT2D eigenvalue weighted by atomic mass is 79.9. The summed E-state index contributed by atoms with van der Waals surface area (Å²) in [4.78, 5) is 18.6. The van der Waals surface area contributed by atoms with E-state index in [2.05, 4.69) is 20.9 Å². The van der Waals surface area contributed by atoms with Gasteiger partial charge in [0, 0.05) is 11.0 Å². The lowest BCUT2D eigenvalue weighted by atomic mass is 10.2. The predicted octanol–water partition coefficient (Wildman–Crippen LogP) is 4.66. The third-order valence-electron chi connectivity index (χ3n) is 3.53. The van der Waals surface area contributed by atoms with Crippen molar-refractivity contribution >= 4 is 33.1 Å². The average Bonchev–Trinajstić information content (AvgIpc) is 3.01. The molecule has 0 aliphatic carbocycles. The number of oxazole rings is 1. The van der Waals surface area contributed by atoms with E-state index < -0.39 is 5.60 Å². The van der Waals surface area contributed by atoms with E-state index in [-0.39, 0.29) is 12.1 Å². The number of hydrogen-bond donors (Lipinski definition) is 0. The standard InChI is InChI=1S/C16H19BrN2O3/c1-16(2,3)22-15(20)19-8-4-5-12(19)14-18-11-9-10(17)6-7-13(11)21-14/h6-7,9,12H,4-5,8H2,1-3H3. The molecule has 6 heteroatoms. The summed E-state index contributed by atoms with van der Waals surface area (Å²) >= 11 is 3.43. The van der Waals surface area contributed by atoms with Crippen molar-refractivity contribution in [3.63, 3.8) is 0 Å². The summed E-state index contributed by atoms with van der Waals surface area (Å²) in [7, 11) is 0. The Morgan fingerprint density at radius 3 is 2.95 bits per heavy atom. The van der Waals surface area contributed by atoms with Gasteiger partial charge in [-0.3, -0.25) is 4.90 Å². The first-order valence-corrected chi connectivity index (χ1v) is 8.18. The molecule has 1 saturated heterocycles. The molecule has 0 bridgehead atoms. The van der Waals surface area contributed by atoms with Gasteiger partial charge in [0.15, 0.2) is 5.58 Å². The molecule has 1 unspecified atom stereocenters. The first kappa shape index (κ1) is 15.3. The normalized spacial score (nSPS) is 18.9. The maximum atomic E-state index is 12.3. The molecule has 0 N–H and O–H groups in total. The number of rotatable bonds is 1. The Hall–Kier alpha value is -1.56. The van der Waals surface area contributed by atoms with Gasteiger partial charge in [0.05, 0.1) is 0 Å². The molecule has 2 heterocycles. The first-order chi connectivity index (χ1) is 10.3. The number of carbonyl (C=O) groups excluding carboxylic acids is 1. The van der Waals surface area contributed by atoms with Gasteiger partial charge in [-0.05, 0) is 51.8 Å². The highest BCUT2D eigenvalue weighted by molar-refractivity contribution is 9.10. The fourth-order valence-electron chi connectivity index (χ4n) is 2.62. The van der Waals surface area contributed by atoms with Gasteiger partial charge in [0.2, 0.25) is 5.89 Å². The van der Waals surface area contributed by atoms with Crippen LogP contribution in [0.2, 0.25) is 0 Å². The second-order valence-electron chi connectivity index (χ2n) is 6.50. The molecule has 0 spiro atoms. The minimum atomic E-state index is -0.504. The number of ether oxygens (including phenoxy) is 1. The van der Waals surface area contributed by atoms with Crippen molar-refractivity contribution in [3.8, 4) is 0 Å². The lowest BCUT2D eigenvalue weighted by molar-refractivity contribution is 0.0205. The molecule has 3 rings (SSSR count). The molecule has 1 aliphatic heterocycles. The van der Waals surface area contributed by atoms with Gasteiger partial charge in [0.1, 0.15) is 17.2 Å². The van der Waals surface area contributed by atoms with E-state index in [1.807, 2.05) is 39.0 Å². The molecule has 0 radical (unpaired) electrons. The van der Waals surface area contributed by atoms with Crippen LogP contribution in [-0.2, 0) is 4.74 Å². The Morgan fingerprint density at radius 1 is 1.45 bits per heavy atom. The molecule has 1 aliphatic rings. The maximum absolute atomic E-state index is 12.3. The maximum Gasteiger partial charge on any atom is 0.410 e. The van der Waals surface area contributed by atoms with Crippen LogP contribution in [0.25, 0.3) is 11.1 Å². The Bertz CT molecular complexity index is 705. The lowest BCUT2D eigenvalue weighted by Gasteiger charge is -2.27. The zero-order valence-electron chi connectivity index (χ0n) is 12.9. The third-order valence-corrected chi connectivity index (χ3v) is 4.03. The number of nitrogens with zero attached hydrogens (tertiary/aromatic N) is 2. The van der Waals surface area contributed by atoms with Gasteiger partial charge < -0.3 is 9.15 Å². The Balaban J connectivity index is 1.86. The molecule has 5 nitrogen and oxygen atoms in total. The van der Waals surface area contributed by atoms with Crippen LogP contribution in [0.4, 0.5) is 4.79 Å². The zero-order chi connectivity index (χ0) is 15.9. The van der Waals surface area contributed by atoms with Crippen LogP contribution in [0, 0.1) is 0 Å². The number of aromatic nitrogens is 1. The van der Waals surface area contributed by atoms with Crippen molar-refractivity contribution in [2.45, 2.75) is 45.3 Å². The predicted molar refractivity (Wildman–Crippen MR) is 86.6 cm³/mol. The summed E-state index contributed by atoms with van der Waals surface area (Å²) < 4.78 is 12.3. The number of likely N-dealkylation sites (tertiary alicyclic amines) is 1. The summed E-state index contributed by atoms with van der Waals surface area (Å²) in [5, 5.41) is 0. The molecule has 22 heavy (non-hydrogen) atoms. The number of hydrogen-bond acceptors (Lipinski definition) is 4. The highest BCUT2D eigenvalue weighted by Gasteiger charge is 2.36. The Labute approximate surface area is 137 Å². The SMILES string of the molecule is CC(C)(C)OC(=O)N1CCCC1c1nc2cc(Br)ccc2o1. The fourth-order valence-corrected chi connectivity index (χ4v) is 2.97. The minimum absolute atomic E-state index is 0.152. The van der Waals surface area contributed by atoms with E-state index in [0.717, 1.165) is 28.4 Å². The summed E-state index contributed by atoms with van der Waals surface area (Å²) in [6.07, 6.45) is 1.46. The molecular weight excluding hydrogens is 348 g/mol. The van der Waals surface area contributed by atoms with E-state index in [4.69, 9.17) is 9.15 Å². The van der Waals surface area contributed by atoms with Gasteiger partial charge in [-0.1, -0.05) is 15.9 Å². The monoisotopic (exact) mass is 366 g/mol. The summed E-state index contributed by atoms with van der Waals surface area (Å²) in [5.74, 6) is 0.580. The van der Waals surface area contributed by atoms with Crippen LogP contribution >= 0.6 is 15.9 Å². The van der Waals surface area contributed by atoms with Crippen molar-refractivity contribution < 1.29 is 13.9 Å². The quantitative estimate of drug-likeness (QED) is 0.736. The number of fused-ring (bicyclic) bond motifs is 1. The van der Waals surface area contributed by atoms with Crippen molar-refractivity contribution in [1.82, 2.24) is 9.88 Å². The van der Waals surface area contributed by atoms with Crippen LogP contribution in [0.15, 0.2) is 27.1 Å². The van der Waals surface area contributed by atoms with Gasteiger partial charge in [-0.2, -0.15) is 0 Å². The fraction of sp³-hybridized carbons (Fsp3) is 0.500. The minimum Gasteiger partial charge on any atom is -0.444 e. The number of carbonyl (C=O) groups is 1. The van der Waals surface area contributed by atoms with Crippen LogP contribution in [0.1, 0.15) is 45.5 Å². The molecule has 0 saturated carbocycles. The van der Waals surface area contributed by atoms with Gasteiger partial charge in [-0.25, -0.2) is 9.78 Å². The van der Waals surface area contributed by atoms with Gasteiger partial charge in [0.25, 0.3) is 0 Å². The largest absolute Gasteiger partial charge is 0.444 e. The second-order valence-corrected chi connectivity index (χ2v) is 7.41. The average molecular weight is 367 g/mol. The third kappa shape index (κ3) is 3.11. The molecule has 1 amide bonds. The van der Waals surface area contributed by atoms with E-state index in [0.29, 0.717) is 12.4 Å². The summed E-state index contributed by atoms with van der Waals surface area (Å²) in [6, 6.07) is 5.55. The van der Waals surface area contributed by atoms with E-state index in [9.17, 15) is 4.79 Å². The summed E-state index contributed by atoms with van der Waals surface area (Å²) in [6.45, 7) is 6.27. The molecule has 1 aromatic carbocycles. The van der Waals surface area contributed by atoms with Crippen LogP contribution < -0.4 is 0 Å². The Kier molecular flexibility index (Phi) is 3.89. The van der Waals surface area contributed by atoms with Crippen molar-refractivity contribution in [1.29, 1.82) is 0 Å². The van der Waals surface area contributed by atoms with Crippen LogP contribution in [0.3, 0.4) is 0 Å². The number of benzene rings is 1. The smallest absolute Gasteiger partial charge is 0.410 e. The molecule has 118 valence electrons. The number of halogens is 1. The van der Waals surface area contributed by atoms with Crippen molar-refractivity contribution in [2.75, 3.05) is 6.54 Å². The van der Waals surface area contributed by atoms with Crippen molar-refractivity contribution in [2.24, 2.45) is 0 Å². The van der Waals surface area contributed by atoms with E-state index >= 15 is 0 Å². The van der Waals surface area contributed by atoms with E-state index in [1.54, 1.807) is 4.90 Å². The van der Waals surface area contributed by atoms with Crippen LogP contribution in [-0.4, -0.2) is 28.1 Å². The molecule has 1 atom stereocenters. The second kappa shape index (κ2) is 5.57. The van der Waals surface area contributed by atoms with Crippen molar-refractivity contribution in [3.05, 3.63) is 28.6 Å². The van der Waals surface area contributed by atoms with Gasteiger partial charge >= 0.3 is 6.09 Å². The molecular formula is C16H19BrN2O3. The lowest BCUT2D eigenvalue weighted by Crippen LogP contribution is -2.36. The van der Waals surface area contributed by atoms with Crippen LogP contribution in [0.5, 0.6) is 0 Å². The topological polar surface area (TPSA) is 55.6 Å². The molecule has 1 fully saturated rings. The highest BCUT2D eigenvalue weighted by Crippen LogP contribution is 2.34. The van der Waals surface area contributed by atoms with Gasteiger partial charge in [-0.15, -0.1) is 0 Å². The zero-order valence-corrected chi connectivity index (χ0v) is 14.5. The van der Waals surface area contributed by atoms with E-state index in [1.165, 1.54) is 0 Å². The number of amides is 1.